The van der Waals surface area contributed by atoms with Gasteiger partial charge in [0.05, 0.1) is 18.0 Å². The van der Waals surface area contributed by atoms with Crippen molar-refractivity contribution in [3.63, 3.8) is 0 Å². The van der Waals surface area contributed by atoms with Gasteiger partial charge in [-0.2, -0.15) is 4.31 Å². The lowest BCUT2D eigenvalue weighted by molar-refractivity contribution is -0.125. The van der Waals surface area contributed by atoms with E-state index in [4.69, 9.17) is 5.73 Å². The molecule has 26 heavy (non-hydrogen) atoms. The fourth-order valence-corrected chi connectivity index (χ4v) is 4.39. The maximum atomic E-state index is 12.8. The molecule has 2 amide bonds. The van der Waals surface area contributed by atoms with Gasteiger partial charge in [0.25, 0.3) is 0 Å². The fraction of sp³-hybridized carbons (Fsp3) is 0.500. The van der Waals surface area contributed by atoms with Crippen molar-refractivity contribution in [3.05, 3.63) is 29.8 Å². The van der Waals surface area contributed by atoms with Crippen LogP contribution in [0.5, 0.6) is 0 Å². The zero-order valence-electron chi connectivity index (χ0n) is 14.4. The topological polar surface area (TPSA) is 122 Å². The third kappa shape index (κ3) is 5.94. The number of carbonyl (C=O) groups excluding carboxylic acids is 2. The van der Waals surface area contributed by atoms with E-state index >= 15 is 0 Å². The summed E-state index contributed by atoms with van der Waals surface area (Å²) < 4.78 is 27.2. The molecule has 1 aromatic carbocycles. The Morgan fingerprint density at radius 3 is 2.35 bits per heavy atom. The Balaban J connectivity index is 0.00000338. The van der Waals surface area contributed by atoms with Gasteiger partial charge in [0.15, 0.2) is 0 Å². The molecule has 1 fully saturated rings. The number of benzene rings is 1. The summed E-state index contributed by atoms with van der Waals surface area (Å²) in [6.07, 6.45) is 2.76. The van der Waals surface area contributed by atoms with Crippen LogP contribution in [0.4, 0.5) is 0 Å². The van der Waals surface area contributed by atoms with Gasteiger partial charge in [-0.3, -0.25) is 9.59 Å². The lowest BCUT2D eigenvalue weighted by Gasteiger charge is -2.26. The predicted molar refractivity (Wildman–Crippen MR) is 100 cm³/mol. The summed E-state index contributed by atoms with van der Waals surface area (Å²) in [6.45, 7) is 0.726. The summed E-state index contributed by atoms with van der Waals surface area (Å²) in [6, 6.07) is 6.63. The van der Waals surface area contributed by atoms with Crippen molar-refractivity contribution >= 4 is 34.2 Å². The van der Waals surface area contributed by atoms with Gasteiger partial charge in [-0.25, -0.2) is 8.42 Å². The van der Waals surface area contributed by atoms with E-state index in [9.17, 15) is 18.0 Å². The summed E-state index contributed by atoms with van der Waals surface area (Å²) in [5.74, 6) is -0.838. The summed E-state index contributed by atoms with van der Waals surface area (Å²) in [4.78, 5) is 23.0. The Labute approximate surface area is 160 Å². The van der Waals surface area contributed by atoms with Crippen LogP contribution in [-0.2, 0) is 26.2 Å². The highest BCUT2D eigenvalue weighted by Gasteiger charge is 2.27. The number of rotatable bonds is 7. The van der Waals surface area contributed by atoms with Crippen LogP contribution in [0.2, 0.25) is 0 Å². The predicted octanol–water partition coefficient (Wildman–Crippen LogP) is -0.0259. The molecule has 1 aliphatic rings. The normalized spacial score (nSPS) is 15.0. The molecule has 0 bridgehead atoms. The standard InChI is InChI=1S/C16H24N4O4S.ClH/c17-10-15(21)19-12-16(22)18-11-13-6-2-3-7-14(13)25(23,24)20-8-4-1-5-9-20;/h2-3,6-7H,1,4-5,8-12,17H2,(H,18,22)(H,19,21);1H. The van der Waals surface area contributed by atoms with Crippen molar-refractivity contribution < 1.29 is 18.0 Å². The Hall–Kier alpha value is -1.68. The maximum Gasteiger partial charge on any atom is 0.243 e. The number of amides is 2. The molecule has 0 aromatic heterocycles. The molecular weight excluding hydrogens is 380 g/mol. The van der Waals surface area contributed by atoms with Crippen molar-refractivity contribution in [1.82, 2.24) is 14.9 Å². The van der Waals surface area contributed by atoms with E-state index in [2.05, 4.69) is 10.6 Å². The molecule has 4 N–H and O–H groups in total. The second-order valence-electron chi connectivity index (χ2n) is 5.83. The highest BCUT2D eigenvalue weighted by molar-refractivity contribution is 7.89. The van der Waals surface area contributed by atoms with E-state index < -0.39 is 21.8 Å². The number of hydrogen-bond acceptors (Lipinski definition) is 5. The number of hydrogen-bond donors (Lipinski definition) is 3. The molecule has 146 valence electrons. The van der Waals surface area contributed by atoms with E-state index in [0.29, 0.717) is 18.7 Å². The molecule has 0 spiro atoms. The monoisotopic (exact) mass is 404 g/mol. The van der Waals surface area contributed by atoms with Crippen LogP contribution in [0, 0.1) is 0 Å². The molecule has 0 saturated carbocycles. The van der Waals surface area contributed by atoms with E-state index in [1.54, 1.807) is 24.3 Å². The molecule has 1 aromatic rings. The van der Waals surface area contributed by atoms with E-state index in [1.165, 1.54) is 4.31 Å². The minimum Gasteiger partial charge on any atom is -0.350 e. The van der Waals surface area contributed by atoms with Gasteiger partial charge in [-0.1, -0.05) is 24.6 Å². The molecule has 8 nitrogen and oxygen atoms in total. The summed E-state index contributed by atoms with van der Waals surface area (Å²) in [5, 5.41) is 4.98. The highest BCUT2D eigenvalue weighted by Crippen LogP contribution is 2.23. The SMILES string of the molecule is Cl.NCC(=O)NCC(=O)NCc1ccccc1S(=O)(=O)N1CCCCC1. The molecule has 1 saturated heterocycles. The molecule has 0 atom stereocenters. The van der Waals surface area contributed by atoms with Crippen molar-refractivity contribution in [2.45, 2.75) is 30.7 Å². The van der Waals surface area contributed by atoms with E-state index in [-0.39, 0.29) is 36.9 Å². The van der Waals surface area contributed by atoms with E-state index in [1.807, 2.05) is 0 Å². The van der Waals surface area contributed by atoms with Crippen LogP contribution in [0.25, 0.3) is 0 Å². The highest BCUT2D eigenvalue weighted by atomic mass is 35.5. The smallest absolute Gasteiger partial charge is 0.243 e. The second kappa shape index (κ2) is 10.5. The van der Waals surface area contributed by atoms with Crippen LogP contribution in [0.1, 0.15) is 24.8 Å². The molecule has 0 aliphatic carbocycles. The molecule has 2 rings (SSSR count). The van der Waals surface area contributed by atoms with Crippen LogP contribution in [-0.4, -0.2) is 50.7 Å². The van der Waals surface area contributed by atoms with Crippen molar-refractivity contribution in [2.24, 2.45) is 5.73 Å². The molecule has 0 unspecified atom stereocenters. The van der Waals surface area contributed by atoms with Gasteiger partial charge >= 0.3 is 0 Å². The van der Waals surface area contributed by atoms with Gasteiger partial charge in [0, 0.05) is 19.6 Å². The van der Waals surface area contributed by atoms with Crippen LogP contribution in [0.3, 0.4) is 0 Å². The Bertz CT molecular complexity index is 721. The quantitative estimate of drug-likeness (QED) is 0.589. The Morgan fingerprint density at radius 2 is 1.69 bits per heavy atom. The molecular formula is C16H25ClN4O4S. The summed E-state index contributed by atoms with van der Waals surface area (Å²) >= 11 is 0. The van der Waals surface area contributed by atoms with E-state index in [0.717, 1.165) is 19.3 Å². The summed E-state index contributed by atoms with van der Waals surface area (Å²) in [5.41, 5.74) is 5.67. The summed E-state index contributed by atoms with van der Waals surface area (Å²) in [7, 11) is -3.57. The molecule has 10 heteroatoms. The number of nitrogens with zero attached hydrogens (tertiary/aromatic N) is 1. The number of sulfonamides is 1. The first kappa shape index (κ1) is 22.4. The molecule has 0 radical (unpaired) electrons. The minimum absolute atomic E-state index is 0. The number of nitrogens with one attached hydrogen (secondary N) is 2. The van der Waals surface area contributed by atoms with Gasteiger partial charge in [0.1, 0.15) is 0 Å². The van der Waals surface area contributed by atoms with Gasteiger partial charge in [-0.05, 0) is 24.5 Å². The number of piperidine rings is 1. The van der Waals surface area contributed by atoms with Crippen molar-refractivity contribution in [1.29, 1.82) is 0 Å². The minimum atomic E-state index is -3.57. The zero-order valence-corrected chi connectivity index (χ0v) is 16.1. The zero-order chi connectivity index (χ0) is 18.3. The van der Waals surface area contributed by atoms with Crippen molar-refractivity contribution in [2.75, 3.05) is 26.2 Å². The second-order valence-corrected chi connectivity index (χ2v) is 7.74. The first-order valence-corrected chi connectivity index (χ1v) is 9.70. The maximum absolute atomic E-state index is 12.8. The first-order valence-electron chi connectivity index (χ1n) is 8.26. The number of carbonyl (C=O) groups is 2. The Morgan fingerprint density at radius 1 is 1.04 bits per heavy atom. The van der Waals surface area contributed by atoms with Crippen LogP contribution in [0.15, 0.2) is 29.2 Å². The lowest BCUT2D eigenvalue weighted by atomic mass is 10.2. The largest absolute Gasteiger partial charge is 0.350 e. The van der Waals surface area contributed by atoms with Gasteiger partial charge in [-0.15, -0.1) is 12.4 Å². The third-order valence-electron chi connectivity index (χ3n) is 4.01. The first-order chi connectivity index (χ1) is 11.9. The van der Waals surface area contributed by atoms with Crippen LogP contribution >= 0.6 is 12.4 Å². The number of nitrogens with two attached hydrogens (primary N) is 1. The molecule has 1 heterocycles. The van der Waals surface area contributed by atoms with Crippen molar-refractivity contribution in [3.8, 4) is 0 Å². The third-order valence-corrected chi connectivity index (χ3v) is 6.01. The lowest BCUT2D eigenvalue weighted by Crippen LogP contribution is -2.39. The average molecular weight is 405 g/mol. The molecule has 1 aliphatic heterocycles. The average Bonchev–Trinajstić information content (AvgIpc) is 2.65. The Kier molecular flexibility index (Phi) is 9.00. The number of halogens is 1. The van der Waals surface area contributed by atoms with Gasteiger partial charge in [0.2, 0.25) is 21.8 Å². The fourth-order valence-electron chi connectivity index (χ4n) is 2.65. The van der Waals surface area contributed by atoms with Crippen LogP contribution < -0.4 is 16.4 Å². The van der Waals surface area contributed by atoms with Gasteiger partial charge < -0.3 is 16.4 Å².